The number of aliphatic hydroxyl groups is 3. The molecule has 4 N–H and O–H groups in total. The third-order valence-electron chi connectivity index (χ3n) is 18.3. The summed E-state index contributed by atoms with van der Waals surface area (Å²) in [6, 6.07) is 19.0. The minimum atomic E-state index is -0.972. The number of esters is 1. The van der Waals surface area contributed by atoms with Gasteiger partial charge in [0.15, 0.2) is 17.4 Å². The van der Waals surface area contributed by atoms with E-state index in [1.54, 1.807) is 38.1 Å². The normalized spacial score (nSPS) is 20.6. The number of aromatic nitrogens is 5. The number of hydrogen-bond acceptors (Lipinski definition) is 24. The Kier molecular flexibility index (Phi) is 42.2. The van der Waals surface area contributed by atoms with Crippen LogP contribution in [0, 0.1) is 34.6 Å². The minimum absolute atomic E-state index is 0. The Bertz CT molecular complexity index is 3350. The number of ketones is 1. The monoisotopic (exact) mass is 1580 g/mol. The van der Waals surface area contributed by atoms with Gasteiger partial charge in [0, 0.05) is 146 Å². The summed E-state index contributed by atoms with van der Waals surface area (Å²) in [7, 11) is 0. The Hall–Kier alpha value is -5.79. The molecule has 5 aromatic rings. The van der Waals surface area contributed by atoms with Crippen LogP contribution in [0.4, 0.5) is 0 Å². The molecule has 4 aliphatic carbocycles. The molecule has 6 saturated heterocycles. The molecule has 0 bridgehead atoms. The van der Waals surface area contributed by atoms with Crippen LogP contribution < -0.4 is 14.2 Å². The number of Topliss-reactive ketones (excluding diaryl/α,β-unsaturated/α-hetero) is 1. The van der Waals surface area contributed by atoms with Gasteiger partial charge in [-0.25, -0.2) is 34.5 Å². The van der Waals surface area contributed by atoms with Gasteiger partial charge in [-0.05, 0) is 199 Å². The lowest BCUT2D eigenvalue weighted by Gasteiger charge is -2.35. The predicted molar refractivity (Wildman–Crippen MR) is 414 cm³/mol. The number of aromatic carboxylic acids is 1. The first-order chi connectivity index (χ1) is 51.3. The molecule has 3 spiro atoms. The number of aryl methyl sites for hydroxylation is 5. The highest BCUT2D eigenvalue weighted by Crippen LogP contribution is 2.39. The zero-order valence-electron chi connectivity index (χ0n) is 64.9. The van der Waals surface area contributed by atoms with Gasteiger partial charge < -0.3 is 82.0 Å². The van der Waals surface area contributed by atoms with Gasteiger partial charge in [-0.1, -0.05) is 29.3 Å². The van der Waals surface area contributed by atoms with Crippen molar-refractivity contribution in [1.29, 1.82) is 0 Å². The van der Waals surface area contributed by atoms with Crippen molar-refractivity contribution in [3.8, 4) is 17.6 Å². The minimum Gasteiger partial charge on any atom is -0.478 e. The zero-order valence-corrected chi connectivity index (χ0v) is 67.2. The molecule has 0 unspecified atom stereocenters. The summed E-state index contributed by atoms with van der Waals surface area (Å²) in [5.74, 6) is -0.575. The van der Waals surface area contributed by atoms with Crippen LogP contribution >= 0.6 is 35.6 Å². The number of nitrogens with zero attached hydrogens (tertiary/aromatic N) is 5. The number of carboxylic acids is 1. The van der Waals surface area contributed by atoms with Gasteiger partial charge in [0.25, 0.3) is 0 Å². The summed E-state index contributed by atoms with van der Waals surface area (Å²) >= 11 is 11.3. The average Bonchev–Trinajstić information content (AvgIpc) is 1.73. The quantitative estimate of drug-likeness (QED) is 0.0573. The molecule has 29 heteroatoms. The van der Waals surface area contributed by atoms with E-state index < -0.39 is 17.4 Å². The van der Waals surface area contributed by atoms with Crippen molar-refractivity contribution in [3.05, 3.63) is 128 Å². The lowest BCUT2D eigenvalue weighted by molar-refractivity contribution is -0.187. The Morgan fingerprint density at radius 3 is 1.15 bits per heavy atom. The molecule has 109 heavy (non-hydrogen) atoms. The van der Waals surface area contributed by atoms with E-state index in [1.165, 1.54) is 56.7 Å². The van der Waals surface area contributed by atoms with E-state index in [1.807, 2.05) is 65.8 Å². The molecular formula is C80H116BCl3N5O20. The maximum absolute atomic E-state index is 11.7. The van der Waals surface area contributed by atoms with Crippen molar-refractivity contribution in [1.82, 2.24) is 24.9 Å². The van der Waals surface area contributed by atoms with E-state index in [2.05, 4.69) is 24.9 Å². The highest BCUT2D eigenvalue weighted by Gasteiger charge is 2.43. The number of aliphatic hydroxyl groups excluding tert-OH is 3. The van der Waals surface area contributed by atoms with Gasteiger partial charge in [0.1, 0.15) is 40.0 Å². The maximum Gasteiger partial charge on any atom is 0.338 e. The second kappa shape index (κ2) is 49.0. The summed E-state index contributed by atoms with van der Waals surface area (Å²) in [5.41, 5.74) is 5.76. The standard InChI is InChI=1S/C15H19NO5.C15H21NO4.C13H17NO3.C11H14ClNO2.C8H14O3.C6H6ClN.3C4H8O.B.ClH/c1-10-8-11(14(17)18)9-13(16-10)21-12-2-4-15(5-3-12)19-6-7-20-15;1-11-8-12(10-17)9-14(16-11)20-13-2-4-15(5-3-13)18-6-7-19-15;1-9-6-10(8-15)7-13(14-9)17-12-4-2-11(16)3-5-12;1-7-5-8(6-9(12)13-7)10(14)15-11(2,3)4;9-7-1-3-8(4-2-7)10-5-6-11-8;1-5-3-2-4-6(7)8-5;3*1-2-4-5-3-1;;/h8-9,12H,2-7H2,1H3,(H,17,18);8-9,13,17H,2-7,10H2,1H3;6-7,12,15H,2-5,8H2,1H3;5-6H,1-4H3;7,9H,1-6H2;2-4H,1H3;3*1-4H2;;1H. The number of pyridine rings is 5. The SMILES string of the molecule is C1CCOC1.C1CCOC1.C1CCOC1.Cc1cc(C(=O)O)cc(OC2CCC3(CC2)OCCO3)n1.Cc1cc(C(=O)OC(C)(C)C)cc(Cl)n1.Cc1cc(CO)cc(OC2CCC(=O)CC2)n1.Cc1cc(CO)cc(OC2CCC3(CC2)OCCO3)n1.Cc1cccc(Cl)n1.Cl.OC1CCC2(CC1)OCCO2.[B]. The summed E-state index contributed by atoms with van der Waals surface area (Å²) in [5, 5.41) is 37.5. The highest BCUT2D eigenvalue weighted by molar-refractivity contribution is 6.29. The van der Waals surface area contributed by atoms with E-state index in [-0.39, 0.29) is 81.6 Å². The van der Waals surface area contributed by atoms with Crippen molar-refractivity contribution in [2.45, 2.75) is 257 Å². The van der Waals surface area contributed by atoms with Gasteiger partial charge >= 0.3 is 11.9 Å². The van der Waals surface area contributed by atoms with Crippen LogP contribution in [0.3, 0.4) is 0 Å². The molecular weight excluding hydrogens is 1470 g/mol. The van der Waals surface area contributed by atoms with Crippen molar-refractivity contribution in [2.75, 3.05) is 79.3 Å². The second-order valence-electron chi connectivity index (χ2n) is 28.8. The molecule has 3 radical (unpaired) electrons. The Labute approximate surface area is 661 Å². The molecule has 6 aliphatic heterocycles. The first-order valence-electron chi connectivity index (χ1n) is 37.9. The van der Waals surface area contributed by atoms with Crippen molar-refractivity contribution < 1.29 is 96.4 Å². The molecule has 0 atom stereocenters. The van der Waals surface area contributed by atoms with E-state index in [4.69, 9.17) is 95.0 Å². The number of rotatable bonds is 10. The molecule has 15 rings (SSSR count). The number of ether oxygens (including phenoxy) is 13. The molecule has 11 heterocycles. The molecule has 10 aliphatic rings. The molecule has 25 nitrogen and oxygen atoms in total. The molecule has 0 aromatic carbocycles. The maximum atomic E-state index is 11.7. The fraction of sp³-hybridized carbons (Fsp3) is 0.650. The number of halogens is 3. The molecule has 0 amide bonds. The van der Waals surface area contributed by atoms with Gasteiger partial charge in [-0.3, -0.25) is 4.79 Å². The van der Waals surface area contributed by atoms with Crippen LogP contribution in [0.2, 0.25) is 10.3 Å². The zero-order chi connectivity index (χ0) is 77.1. The second-order valence-corrected chi connectivity index (χ2v) is 29.6. The Balaban J connectivity index is 0.000000228. The third-order valence-corrected chi connectivity index (χ3v) is 18.7. The largest absolute Gasteiger partial charge is 0.478 e. The summed E-state index contributed by atoms with van der Waals surface area (Å²) in [6.45, 7) is 24.8. The number of carboxylic acid groups (broad SMARTS) is 1. The summed E-state index contributed by atoms with van der Waals surface area (Å²) in [4.78, 5) is 54.6. The van der Waals surface area contributed by atoms with Gasteiger partial charge in [-0.15, -0.1) is 12.4 Å². The molecule has 605 valence electrons. The first kappa shape index (κ1) is 93.8. The van der Waals surface area contributed by atoms with Gasteiger partial charge in [0.05, 0.1) is 70.1 Å². The lowest BCUT2D eigenvalue weighted by atomic mass is 9.92. The number of carbonyl (C=O) groups excluding carboxylic acids is 2. The van der Waals surface area contributed by atoms with E-state index >= 15 is 0 Å². The van der Waals surface area contributed by atoms with E-state index in [9.17, 15) is 24.6 Å². The molecule has 4 saturated carbocycles. The predicted octanol–water partition coefficient (Wildman–Crippen LogP) is 14.0. The van der Waals surface area contributed by atoms with E-state index in [0.29, 0.717) is 89.9 Å². The van der Waals surface area contributed by atoms with Crippen LogP contribution in [0.5, 0.6) is 17.6 Å². The average molecular weight is 1580 g/mol. The summed E-state index contributed by atoms with van der Waals surface area (Å²) < 4.78 is 71.4. The first-order valence-corrected chi connectivity index (χ1v) is 38.7. The van der Waals surface area contributed by atoms with Crippen LogP contribution in [0.15, 0.2) is 66.7 Å². The third kappa shape index (κ3) is 35.9. The molecule has 5 aromatic heterocycles. The molecule has 10 fully saturated rings. The van der Waals surface area contributed by atoms with Gasteiger partial charge in [0.2, 0.25) is 17.6 Å². The fourth-order valence-electron chi connectivity index (χ4n) is 12.9. The fourth-order valence-corrected chi connectivity index (χ4v) is 13.4. The number of hydrogen-bond donors (Lipinski definition) is 4. The van der Waals surface area contributed by atoms with Crippen LogP contribution in [0.1, 0.15) is 222 Å². The summed E-state index contributed by atoms with van der Waals surface area (Å²) in [6.07, 6.45) is 20.7. The van der Waals surface area contributed by atoms with Crippen molar-refractivity contribution >= 4 is 61.7 Å². The van der Waals surface area contributed by atoms with Crippen molar-refractivity contribution in [3.63, 3.8) is 0 Å². The Morgan fingerprint density at radius 1 is 0.468 bits per heavy atom. The Morgan fingerprint density at radius 2 is 0.817 bits per heavy atom. The smallest absolute Gasteiger partial charge is 0.338 e. The van der Waals surface area contributed by atoms with Gasteiger partial charge in [-0.2, -0.15) is 0 Å². The topological polar surface area (TPSA) is 317 Å². The van der Waals surface area contributed by atoms with E-state index in [0.717, 1.165) is 171 Å². The van der Waals surface area contributed by atoms with Crippen LogP contribution in [-0.2, 0) is 65.4 Å². The number of carbonyl (C=O) groups is 3. The van der Waals surface area contributed by atoms with Crippen molar-refractivity contribution in [2.24, 2.45) is 0 Å². The van der Waals surface area contributed by atoms with Crippen LogP contribution in [0.25, 0.3) is 0 Å². The highest BCUT2D eigenvalue weighted by atomic mass is 35.5. The van der Waals surface area contributed by atoms with Crippen LogP contribution in [-0.4, -0.2) is 198 Å². The lowest BCUT2D eigenvalue weighted by Crippen LogP contribution is -2.38.